The second-order valence-corrected chi connectivity index (χ2v) is 7.14. The average molecular weight is 479 g/mol. The van der Waals surface area contributed by atoms with Crippen LogP contribution in [0.15, 0.2) is 66.7 Å². The third-order valence-electron chi connectivity index (χ3n) is 4.42. The number of nitrogens with one attached hydrogen (secondary N) is 2. The standard InChI is InChI=1S/C23H18ClF3N2O4/c1-32-17-7-2-14(3-8-17)21(30)13-33-18-9-4-15(5-10-18)28-22(31)29-16-6-11-20(24)19(12-16)23(25,26)27/h2-12H,13H2,1H3,(H2,28,29,31). The summed E-state index contributed by atoms with van der Waals surface area (Å²) in [5.41, 5.74) is -0.276. The highest BCUT2D eigenvalue weighted by atomic mass is 35.5. The van der Waals surface area contributed by atoms with Gasteiger partial charge in [0.05, 0.1) is 17.7 Å². The number of anilines is 2. The fraction of sp³-hybridized carbons (Fsp3) is 0.130. The number of ketones is 1. The van der Waals surface area contributed by atoms with Gasteiger partial charge in [0.2, 0.25) is 0 Å². The molecule has 3 rings (SSSR count). The van der Waals surface area contributed by atoms with Crippen molar-refractivity contribution in [3.63, 3.8) is 0 Å². The van der Waals surface area contributed by atoms with Crippen LogP contribution in [-0.4, -0.2) is 25.5 Å². The summed E-state index contributed by atoms with van der Waals surface area (Å²) < 4.78 is 49.3. The number of amides is 2. The van der Waals surface area contributed by atoms with Crippen LogP contribution in [0.3, 0.4) is 0 Å². The molecule has 3 aromatic rings. The Bertz CT molecular complexity index is 1130. The zero-order valence-electron chi connectivity index (χ0n) is 17.2. The van der Waals surface area contributed by atoms with E-state index in [-0.39, 0.29) is 18.1 Å². The first kappa shape index (κ1) is 23.9. The molecule has 0 aromatic heterocycles. The molecule has 6 nitrogen and oxygen atoms in total. The van der Waals surface area contributed by atoms with Gasteiger partial charge in [-0.3, -0.25) is 4.79 Å². The van der Waals surface area contributed by atoms with Crippen molar-refractivity contribution in [1.29, 1.82) is 0 Å². The van der Waals surface area contributed by atoms with E-state index >= 15 is 0 Å². The minimum Gasteiger partial charge on any atom is -0.497 e. The summed E-state index contributed by atoms with van der Waals surface area (Å²) in [5.74, 6) is 0.812. The largest absolute Gasteiger partial charge is 0.497 e. The molecule has 0 atom stereocenters. The Morgan fingerprint density at radius 3 is 2.06 bits per heavy atom. The smallest absolute Gasteiger partial charge is 0.417 e. The van der Waals surface area contributed by atoms with Gasteiger partial charge in [0.1, 0.15) is 11.5 Å². The summed E-state index contributed by atoms with van der Waals surface area (Å²) in [6, 6.07) is 15.1. The molecule has 0 aliphatic heterocycles. The number of urea groups is 1. The van der Waals surface area contributed by atoms with Crippen LogP contribution in [0, 0.1) is 0 Å². The summed E-state index contributed by atoms with van der Waals surface area (Å²) >= 11 is 5.57. The minimum atomic E-state index is -4.64. The summed E-state index contributed by atoms with van der Waals surface area (Å²) in [4.78, 5) is 24.3. The van der Waals surface area contributed by atoms with E-state index in [9.17, 15) is 22.8 Å². The second-order valence-electron chi connectivity index (χ2n) is 6.74. The fourth-order valence-electron chi connectivity index (χ4n) is 2.76. The van der Waals surface area contributed by atoms with Crippen molar-refractivity contribution in [2.75, 3.05) is 24.4 Å². The highest BCUT2D eigenvalue weighted by Crippen LogP contribution is 2.36. The average Bonchev–Trinajstić information content (AvgIpc) is 2.79. The quantitative estimate of drug-likeness (QED) is 0.392. The maximum Gasteiger partial charge on any atom is 0.417 e. The van der Waals surface area contributed by atoms with E-state index in [1.54, 1.807) is 36.4 Å². The van der Waals surface area contributed by atoms with Crippen molar-refractivity contribution >= 4 is 34.8 Å². The molecule has 33 heavy (non-hydrogen) atoms. The number of hydrogen-bond donors (Lipinski definition) is 2. The van der Waals surface area contributed by atoms with Crippen molar-refractivity contribution in [1.82, 2.24) is 0 Å². The first-order valence-corrected chi connectivity index (χ1v) is 9.88. The first-order chi connectivity index (χ1) is 15.7. The number of rotatable bonds is 7. The van der Waals surface area contributed by atoms with Crippen molar-refractivity contribution in [3.8, 4) is 11.5 Å². The number of carbonyl (C=O) groups is 2. The van der Waals surface area contributed by atoms with Gasteiger partial charge >= 0.3 is 12.2 Å². The van der Waals surface area contributed by atoms with Crippen LogP contribution in [0.25, 0.3) is 0 Å². The number of ether oxygens (including phenoxy) is 2. The molecule has 0 radical (unpaired) electrons. The summed E-state index contributed by atoms with van der Waals surface area (Å²) in [5, 5.41) is 4.35. The molecular weight excluding hydrogens is 461 g/mol. The monoisotopic (exact) mass is 478 g/mol. The van der Waals surface area contributed by atoms with E-state index in [1.807, 2.05) is 0 Å². The first-order valence-electron chi connectivity index (χ1n) is 9.50. The molecule has 3 aromatic carbocycles. The Labute approximate surface area is 192 Å². The maximum absolute atomic E-state index is 12.9. The van der Waals surface area contributed by atoms with Gasteiger partial charge in [0, 0.05) is 16.9 Å². The number of methoxy groups -OCH3 is 1. The molecule has 10 heteroatoms. The molecule has 0 unspecified atom stereocenters. The zero-order chi connectivity index (χ0) is 24.0. The van der Waals surface area contributed by atoms with Crippen LogP contribution in [0.4, 0.5) is 29.3 Å². The third-order valence-corrected chi connectivity index (χ3v) is 4.75. The van der Waals surface area contributed by atoms with E-state index in [0.29, 0.717) is 22.7 Å². The number of Topliss-reactive ketones (excluding diaryl/α,β-unsaturated/α-hetero) is 1. The second kappa shape index (κ2) is 10.3. The van der Waals surface area contributed by atoms with Gasteiger partial charge in [0.15, 0.2) is 12.4 Å². The third kappa shape index (κ3) is 6.63. The Kier molecular flexibility index (Phi) is 7.44. The molecule has 0 bridgehead atoms. The molecule has 0 aliphatic rings. The minimum absolute atomic E-state index is 0.0683. The molecular formula is C23H18ClF3N2O4. The van der Waals surface area contributed by atoms with Crippen LogP contribution >= 0.6 is 11.6 Å². The lowest BCUT2D eigenvalue weighted by Gasteiger charge is -2.12. The summed E-state index contributed by atoms with van der Waals surface area (Å²) in [6.07, 6.45) is -4.64. The lowest BCUT2D eigenvalue weighted by Crippen LogP contribution is -2.20. The van der Waals surface area contributed by atoms with Gasteiger partial charge in [-0.2, -0.15) is 13.2 Å². The van der Waals surface area contributed by atoms with Crippen molar-refractivity contribution in [3.05, 3.63) is 82.9 Å². The van der Waals surface area contributed by atoms with Gasteiger partial charge in [0.25, 0.3) is 0 Å². The van der Waals surface area contributed by atoms with Crippen molar-refractivity contribution < 1.29 is 32.2 Å². The molecule has 0 saturated heterocycles. The number of alkyl halides is 3. The van der Waals surface area contributed by atoms with Crippen molar-refractivity contribution in [2.45, 2.75) is 6.18 Å². The van der Waals surface area contributed by atoms with E-state index < -0.39 is 22.8 Å². The molecule has 0 spiro atoms. The van der Waals surface area contributed by atoms with E-state index in [2.05, 4.69) is 10.6 Å². The maximum atomic E-state index is 12.9. The molecule has 0 saturated carbocycles. The van der Waals surface area contributed by atoms with Crippen LogP contribution in [0.1, 0.15) is 15.9 Å². The lowest BCUT2D eigenvalue weighted by atomic mass is 10.1. The number of hydrogen-bond acceptors (Lipinski definition) is 4. The zero-order valence-corrected chi connectivity index (χ0v) is 18.0. The highest BCUT2D eigenvalue weighted by Gasteiger charge is 2.33. The summed E-state index contributed by atoms with van der Waals surface area (Å²) in [6.45, 7) is -0.183. The number of halogens is 4. The SMILES string of the molecule is COc1ccc(C(=O)COc2ccc(NC(=O)Nc3ccc(Cl)c(C(F)(F)F)c3)cc2)cc1. The van der Waals surface area contributed by atoms with Gasteiger partial charge in [-0.15, -0.1) is 0 Å². The number of benzene rings is 3. The van der Waals surface area contributed by atoms with Crippen LogP contribution in [0.2, 0.25) is 5.02 Å². The van der Waals surface area contributed by atoms with Crippen molar-refractivity contribution in [2.24, 2.45) is 0 Å². The Balaban J connectivity index is 1.54. The predicted molar refractivity (Wildman–Crippen MR) is 118 cm³/mol. The Hall–Kier alpha value is -3.72. The Morgan fingerprint density at radius 2 is 1.45 bits per heavy atom. The molecule has 172 valence electrons. The van der Waals surface area contributed by atoms with Crippen LogP contribution < -0.4 is 20.1 Å². The van der Waals surface area contributed by atoms with Gasteiger partial charge in [-0.05, 0) is 66.7 Å². The number of carbonyl (C=O) groups excluding carboxylic acids is 2. The van der Waals surface area contributed by atoms with Gasteiger partial charge < -0.3 is 20.1 Å². The van der Waals surface area contributed by atoms with Gasteiger partial charge in [-0.25, -0.2) is 4.79 Å². The molecule has 0 aliphatic carbocycles. The Morgan fingerprint density at radius 1 is 0.879 bits per heavy atom. The topological polar surface area (TPSA) is 76.7 Å². The van der Waals surface area contributed by atoms with Crippen LogP contribution in [0.5, 0.6) is 11.5 Å². The predicted octanol–water partition coefficient (Wildman–Crippen LogP) is 6.27. The van der Waals surface area contributed by atoms with Gasteiger partial charge in [-0.1, -0.05) is 11.6 Å². The lowest BCUT2D eigenvalue weighted by molar-refractivity contribution is -0.137. The van der Waals surface area contributed by atoms with E-state index in [0.717, 1.165) is 12.1 Å². The normalized spacial score (nSPS) is 10.9. The molecule has 0 heterocycles. The summed E-state index contributed by atoms with van der Waals surface area (Å²) in [7, 11) is 1.53. The molecule has 2 amide bonds. The van der Waals surface area contributed by atoms with E-state index in [4.69, 9.17) is 21.1 Å². The van der Waals surface area contributed by atoms with E-state index in [1.165, 1.54) is 25.3 Å². The fourth-order valence-corrected chi connectivity index (χ4v) is 2.98. The highest BCUT2D eigenvalue weighted by molar-refractivity contribution is 6.31. The van der Waals surface area contributed by atoms with Crippen LogP contribution in [-0.2, 0) is 6.18 Å². The molecule has 2 N–H and O–H groups in total. The molecule has 0 fully saturated rings.